The van der Waals surface area contributed by atoms with Crippen molar-refractivity contribution in [1.82, 2.24) is 9.80 Å². The van der Waals surface area contributed by atoms with Gasteiger partial charge in [-0.2, -0.15) is 0 Å². The molecule has 2 amide bonds. The Morgan fingerprint density at radius 3 is 1.67 bits per heavy atom. The second kappa shape index (κ2) is 11.2. The highest BCUT2D eigenvalue weighted by Gasteiger charge is 2.08. The minimum atomic E-state index is -0.529. The molecular weight excluding hydrogens is 276 g/mol. The zero-order valence-electron chi connectivity index (χ0n) is 12.3. The van der Waals surface area contributed by atoms with E-state index in [0.717, 1.165) is 0 Å². The van der Waals surface area contributed by atoms with Crippen LogP contribution in [0.25, 0.3) is 0 Å². The molecule has 0 heterocycles. The molecule has 8 nitrogen and oxygen atoms in total. The summed E-state index contributed by atoms with van der Waals surface area (Å²) in [4.78, 5) is 32.2. The van der Waals surface area contributed by atoms with Crippen molar-refractivity contribution in [2.24, 2.45) is 9.98 Å². The first-order chi connectivity index (χ1) is 10.0. The molecular formula is C13H20N4O4. The summed E-state index contributed by atoms with van der Waals surface area (Å²) in [5.41, 5.74) is 0. The number of rotatable bonds is 8. The molecule has 0 bridgehead atoms. The van der Waals surface area contributed by atoms with Crippen LogP contribution in [0.3, 0.4) is 0 Å². The van der Waals surface area contributed by atoms with Crippen LogP contribution in [-0.2, 0) is 9.47 Å². The average molecular weight is 296 g/mol. The SMILES string of the molecule is C=N/C=C\N(C)C(=O)OCCCOC(=O)N(C)/C=C\N=C. The first-order valence-corrected chi connectivity index (χ1v) is 6.07. The zero-order valence-corrected chi connectivity index (χ0v) is 12.3. The van der Waals surface area contributed by atoms with E-state index in [0.29, 0.717) is 6.42 Å². The van der Waals surface area contributed by atoms with Crippen LogP contribution < -0.4 is 0 Å². The van der Waals surface area contributed by atoms with Crippen molar-refractivity contribution >= 4 is 25.6 Å². The molecule has 0 rings (SSSR count). The molecule has 0 aliphatic carbocycles. The quantitative estimate of drug-likeness (QED) is 0.505. The molecule has 0 aromatic carbocycles. The molecule has 0 aromatic rings. The van der Waals surface area contributed by atoms with Gasteiger partial charge in [-0.1, -0.05) is 0 Å². The Bertz CT molecular complexity index is 382. The Hall–Kier alpha value is -2.64. The van der Waals surface area contributed by atoms with Crippen molar-refractivity contribution in [2.45, 2.75) is 6.42 Å². The Kier molecular flexibility index (Phi) is 9.80. The third kappa shape index (κ3) is 8.98. The summed E-state index contributed by atoms with van der Waals surface area (Å²) in [6.45, 7) is 6.77. The Balaban J connectivity index is 3.81. The van der Waals surface area contributed by atoms with Crippen molar-refractivity contribution in [3.05, 3.63) is 24.8 Å². The molecule has 0 radical (unpaired) electrons. The summed E-state index contributed by atoms with van der Waals surface area (Å²) in [6, 6.07) is 0. The molecule has 0 saturated carbocycles. The first-order valence-electron chi connectivity index (χ1n) is 6.07. The van der Waals surface area contributed by atoms with Gasteiger partial charge in [0.05, 0.1) is 13.2 Å². The van der Waals surface area contributed by atoms with E-state index in [1.54, 1.807) is 0 Å². The molecule has 0 aliphatic rings. The van der Waals surface area contributed by atoms with Gasteiger partial charge in [0.2, 0.25) is 0 Å². The fourth-order valence-corrected chi connectivity index (χ4v) is 0.998. The maximum atomic E-state index is 11.4. The normalized spacial score (nSPS) is 10.4. The summed E-state index contributed by atoms with van der Waals surface area (Å²) < 4.78 is 9.88. The number of ether oxygens (including phenoxy) is 2. The fourth-order valence-electron chi connectivity index (χ4n) is 0.998. The van der Waals surface area contributed by atoms with E-state index in [9.17, 15) is 9.59 Å². The summed E-state index contributed by atoms with van der Waals surface area (Å²) >= 11 is 0. The van der Waals surface area contributed by atoms with Gasteiger partial charge in [-0.05, 0) is 13.4 Å². The lowest BCUT2D eigenvalue weighted by Gasteiger charge is -2.13. The fraction of sp³-hybridized carbons (Fsp3) is 0.385. The molecule has 0 fully saturated rings. The van der Waals surface area contributed by atoms with E-state index in [2.05, 4.69) is 23.4 Å². The summed E-state index contributed by atoms with van der Waals surface area (Å²) in [7, 11) is 3.05. The lowest BCUT2D eigenvalue weighted by atomic mass is 10.5. The molecule has 0 unspecified atom stereocenters. The van der Waals surface area contributed by atoms with Gasteiger partial charge < -0.3 is 9.47 Å². The summed E-state index contributed by atoms with van der Waals surface area (Å²) in [5.74, 6) is 0. The molecule has 8 heteroatoms. The molecule has 116 valence electrons. The number of nitrogens with zero attached hydrogens (tertiary/aromatic N) is 4. The second-order valence-corrected chi connectivity index (χ2v) is 3.77. The van der Waals surface area contributed by atoms with Crippen molar-refractivity contribution in [2.75, 3.05) is 27.3 Å². The molecule has 0 atom stereocenters. The molecule has 0 aromatic heterocycles. The molecule has 0 aliphatic heterocycles. The zero-order chi connectivity index (χ0) is 16.1. The molecule has 0 N–H and O–H groups in total. The highest BCUT2D eigenvalue weighted by molar-refractivity contribution is 5.68. The predicted octanol–water partition coefficient (Wildman–Crippen LogP) is 1.86. The Labute approximate surface area is 124 Å². The Morgan fingerprint density at radius 1 is 0.952 bits per heavy atom. The number of hydrogen-bond donors (Lipinski definition) is 0. The number of hydrogen-bond acceptors (Lipinski definition) is 6. The van der Waals surface area contributed by atoms with E-state index < -0.39 is 12.2 Å². The van der Waals surface area contributed by atoms with Crippen molar-refractivity contribution in [3.8, 4) is 0 Å². The third-order valence-electron chi connectivity index (χ3n) is 2.11. The van der Waals surface area contributed by atoms with Crippen molar-refractivity contribution < 1.29 is 19.1 Å². The van der Waals surface area contributed by atoms with Crippen molar-refractivity contribution in [1.29, 1.82) is 0 Å². The van der Waals surface area contributed by atoms with Crippen LogP contribution in [-0.4, -0.2) is 62.7 Å². The summed E-state index contributed by atoms with van der Waals surface area (Å²) in [6.07, 6.45) is 4.91. The monoisotopic (exact) mass is 296 g/mol. The lowest BCUT2D eigenvalue weighted by Crippen LogP contribution is -2.24. The van der Waals surface area contributed by atoms with E-state index >= 15 is 0 Å². The molecule has 0 saturated heterocycles. The maximum absolute atomic E-state index is 11.4. The van der Waals surface area contributed by atoms with Crippen LogP contribution in [0.2, 0.25) is 0 Å². The average Bonchev–Trinajstić information content (AvgIpc) is 2.49. The lowest BCUT2D eigenvalue weighted by molar-refractivity contribution is 0.0974. The van der Waals surface area contributed by atoms with Crippen molar-refractivity contribution in [3.63, 3.8) is 0 Å². The minimum Gasteiger partial charge on any atom is -0.449 e. The van der Waals surface area contributed by atoms with Crippen LogP contribution in [0.15, 0.2) is 34.8 Å². The standard InChI is InChI=1S/C13H20N4O4/c1-14-6-8-16(3)12(18)20-10-5-11-21-13(19)17(4)9-7-15-2/h6-9H,1-2,5,10-11H2,3-4H3/b8-6-,9-7-. The van der Waals surface area contributed by atoms with Gasteiger partial charge in [-0.25, -0.2) is 9.59 Å². The van der Waals surface area contributed by atoms with E-state index in [1.807, 2.05) is 0 Å². The Morgan fingerprint density at radius 2 is 1.33 bits per heavy atom. The highest BCUT2D eigenvalue weighted by Crippen LogP contribution is 1.96. The van der Waals surface area contributed by atoms with Crippen LogP contribution in [0.4, 0.5) is 9.59 Å². The molecule has 0 spiro atoms. The van der Waals surface area contributed by atoms with Gasteiger partial charge in [0, 0.05) is 45.3 Å². The molecule has 21 heavy (non-hydrogen) atoms. The van der Waals surface area contributed by atoms with Crippen LogP contribution in [0.5, 0.6) is 0 Å². The third-order valence-corrected chi connectivity index (χ3v) is 2.11. The van der Waals surface area contributed by atoms with E-state index in [1.165, 1.54) is 48.7 Å². The number of amides is 2. The van der Waals surface area contributed by atoms with Gasteiger partial charge in [-0.3, -0.25) is 19.8 Å². The van der Waals surface area contributed by atoms with Gasteiger partial charge in [0.25, 0.3) is 0 Å². The van der Waals surface area contributed by atoms with Gasteiger partial charge >= 0.3 is 12.2 Å². The van der Waals surface area contributed by atoms with Crippen LogP contribution in [0, 0.1) is 0 Å². The second-order valence-electron chi connectivity index (χ2n) is 3.77. The maximum Gasteiger partial charge on any atom is 0.413 e. The predicted molar refractivity (Wildman–Crippen MR) is 80.2 cm³/mol. The van der Waals surface area contributed by atoms with Crippen LogP contribution in [0.1, 0.15) is 6.42 Å². The number of aliphatic imine (C=N–C) groups is 2. The topological polar surface area (TPSA) is 83.8 Å². The van der Waals surface area contributed by atoms with Gasteiger partial charge in [0.15, 0.2) is 0 Å². The van der Waals surface area contributed by atoms with E-state index in [4.69, 9.17) is 9.47 Å². The van der Waals surface area contributed by atoms with Gasteiger partial charge in [0.1, 0.15) is 0 Å². The number of carbonyl (C=O) groups excluding carboxylic acids is 2. The van der Waals surface area contributed by atoms with Gasteiger partial charge in [-0.15, -0.1) is 0 Å². The summed E-state index contributed by atoms with van der Waals surface area (Å²) in [5, 5.41) is 0. The smallest absolute Gasteiger partial charge is 0.413 e. The van der Waals surface area contributed by atoms with Crippen LogP contribution >= 0.6 is 0 Å². The largest absolute Gasteiger partial charge is 0.449 e. The number of carbonyl (C=O) groups is 2. The first kappa shape index (κ1) is 18.4. The highest BCUT2D eigenvalue weighted by atomic mass is 16.6. The van der Waals surface area contributed by atoms with E-state index in [-0.39, 0.29) is 13.2 Å². The minimum absolute atomic E-state index is 0.138.